The van der Waals surface area contributed by atoms with Crippen LogP contribution in [0.1, 0.15) is 5.56 Å². The van der Waals surface area contributed by atoms with Crippen molar-refractivity contribution in [1.82, 2.24) is 4.57 Å². The van der Waals surface area contributed by atoms with Gasteiger partial charge in [-0.15, -0.1) is 0 Å². The average Bonchev–Trinajstić information content (AvgIpc) is 2.78. The molecule has 0 aliphatic heterocycles. The van der Waals surface area contributed by atoms with Crippen molar-refractivity contribution in [2.45, 2.75) is 13.5 Å². The molecule has 4 aromatic rings. The number of pyridine rings is 1. The van der Waals surface area contributed by atoms with Gasteiger partial charge in [0, 0.05) is 17.1 Å². The lowest BCUT2D eigenvalue weighted by Gasteiger charge is -2.15. The van der Waals surface area contributed by atoms with Crippen LogP contribution in [-0.4, -0.2) is 17.6 Å². The molecule has 156 valence electrons. The minimum absolute atomic E-state index is 0.127. The summed E-state index contributed by atoms with van der Waals surface area (Å²) in [5, 5.41) is 3.70. The molecule has 0 bridgehead atoms. The van der Waals surface area contributed by atoms with Crippen molar-refractivity contribution in [1.29, 1.82) is 0 Å². The predicted octanol–water partition coefficient (Wildman–Crippen LogP) is 4.75. The van der Waals surface area contributed by atoms with Crippen LogP contribution in [-0.2, 0) is 11.3 Å². The zero-order chi connectivity index (χ0) is 21.8. The van der Waals surface area contributed by atoms with E-state index in [1.54, 1.807) is 37.4 Å². The van der Waals surface area contributed by atoms with Gasteiger partial charge >= 0.3 is 0 Å². The molecule has 1 N–H and O–H groups in total. The Morgan fingerprint density at radius 1 is 0.935 bits per heavy atom. The summed E-state index contributed by atoms with van der Waals surface area (Å²) in [7, 11) is 1.55. The van der Waals surface area contributed by atoms with Crippen molar-refractivity contribution < 1.29 is 14.3 Å². The number of carbonyl (C=O) groups excluding carboxylic acids is 1. The van der Waals surface area contributed by atoms with Gasteiger partial charge in [0.25, 0.3) is 5.56 Å². The molecule has 0 fully saturated rings. The van der Waals surface area contributed by atoms with E-state index in [0.29, 0.717) is 22.7 Å². The highest BCUT2D eigenvalue weighted by molar-refractivity contribution is 5.93. The summed E-state index contributed by atoms with van der Waals surface area (Å²) in [6.07, 6.45) is 0. The molecule has 0 atom stereocenters. The first-order valence-corrected chi connectivity index (χ1v) is 9.85. The molecule has 6 heteroatoms. The first kappa shape index (κ1) is 20.2. The Balaban J connectivity index is 1.53. The highest BCUT2D eigenvalue weighted by atomic mass is 16.5. The van der Waals surface area contributed by atoms with Gasteiger partial charge in [-0.3, -0.25) is 14.2 Å². The van der Waals surface area contributed by atoms with E-state index in [2.05, 4.69) is 5.32 Å². The average molecular weight is 414 g/mol. The molecule has 0 radical (unpaired) electrons. The van der Waals surface area contributed by atoms with E-state index in [1.165, 1.54) is 10.6 Å². The monoisotopic (exact) mass is 414 g/mol. The standard InChI is InChI=1S/C25H22N2O4/c1-17-15-24(29)27(25-21(17)9-6-10-22(25)30-2)16-23(28)26-18-11-13-20(14-12-18)31-19-7-4-3-5-8-19/h3-15H,16H2,1-2H3,(H,26,28). The normalized spacial score (nSPS) is 10.6. The van der Waals surface area contributed by atoms with Crippen LogP contribution < -0.4 is 20.3 Å². The van der Waals surface area contributed by atoms with E-state index in [4.69, 9.17) is 9.47 Å². The van der Waals surface area contributed by atoms with E-state index in [0.717, 1.165) is 16.7 Å². The smallest absolute Gasteiger partial charge is 0.251 e. The number of benzene rings is 3. The second-order valence-electron chi connectivity index (χ2n) is 7.10. The van der Waals surface area contributed by atoms with Gasteiger partial charge in [0.1, 0.15) is 23.8 Å². The number of carbonyl (C=O) groups is 1. The van der Waals surface area contributed by atoms with Crippen molar-refractivity contribution in [3.8, 4) is 17.2 Å². The minimum atomic E-state index is -0.310. The second-order valence-corrected chi connectivity index (χ2v) is 7.10. The molecule has 4 rings (SSSR count). The highest BCUT2D eigenvalue weighted by Gasteiger charge is 2.14. The van der Waals surface area contributed by atoms with Crippen molar-refractivity contribution in [2.75, 3.05) is 12.4 Å². The Labute approximate surface area is 179 Å². The number of aryl methyl sites for hydroxylation is 1. The molecule has 0 unspecified atom stereocenters. The van der Waals surface area contributed by atoms with Gasteiger partial charge < -0.3 is 14.8 Å². The Morgan fingerprint density at radius 3 is 2.35 bits per heavy atom. The van der Waals surface area contributed by atoms with Crippen molar-refractivity contribution in [2.24, 2.45) is 0 Å². The first-order chi connectivity index (χ1) is 15.0. The van der Waals surface area contributed by atoms with Gasteiger partial charge in [-0.1, -0.05) is 30.3 Å². The fraction of sp³-hybridized carbons (Fsp3) is 0.120. The van der Waals surface area contributed by atoms with E-state index >= 15 is 0 Å². The number of ether oxygens (including phenoxy) is 2. The van der Waals surface area contributed by atoms with Gasteiger partial charge in [0.15, 0.2) is 0 Å². The number of amides is 1. The number of methoxy groups -OCH3 is 1. The van der Waals surface area contributed by atoms with Gasteiger partial charge in [-0.2, -0.15) is 0 Å². The lowest BCUT2D eigenvalue weighted by molar-refractivity contribution is -0.116. The fourth-order valence-corrected chi connectivity index (χ4v) is 3.47. The summed E-state index contributed by atoms with van der Waals surface area (Å²) in [6, 6.07) is 23.6. The molecule has 0 saturated carbocycles. The third-order valence-corrected chi connectivity index (χ3v) is 4.94. The molecule has 0 saturated heterocycles. The number of para-hydroxylation sites is 2. The molecule has 1 amide bonds. The van der Waals surface area contributed by atoms with Gasteiger partial charge in [-0.25, -0.2) is 0 Å². The number of aromatic nitrogens is 1. The minimum Gasteiger partial charge on any atom is -0.495 e. The number of nitrogens with one attached hydrogen (secondary N) is 1. The molecule has 1 aromatic heterocycles. The Kier molecular flexibility index (Phi) is 5.71. The van der Waals surface area contributed by atoms with Gasteiger partial charge in [0.05, 0.1) is 12.6 Å². The molecule has 0 aliphatic rings. The summed E-state index contributed by atoms with van der Waals surface area (Å²) in [5.74, 6) is 1.64. The Hall–Kier alpha value is -4.06. The van der Waals surface area contributed by atoms with Crippen LogP contribution in [0.2, 0.25) is 0 Å². The van der Waals surface area contributed by atoms with E-state index < -0.39 is 0 Å². The maximum atomic E-state index is 12.7. The van der Waals surface area contributed by atoms with Crippen LogP contribution in [0.15, 0.2) is 83.7 Å². The van der Waals surface area contributed by atoms with Crippen molar-refractivity contribution in [3.05, 3.63) is 94.8 Å². The second kappa shape index (κ2) is 8.75. The Bertz CT molecular complexity index is 1280. The summed E-state index contributed by atoms with van der Waals surface area (Å²) >= 11 is 0. The summed E-state index contributed by atoms with van der Waals surface area (Å²) in [4.78, 5) is 25.3. The number of nitrogens with zero attached hydrogens (tertiary/aromatic N) is 1. The zero-order valence-electron chi connectivity index (χ0n) is 17.3. The van der Waals surface area contributed by atoms with Crippen LogP contribution in [0.5, 0.6) is 17.2 Å². The molecular formula is C25H22N2O4. The van der Waals surface area contributed by atoms with Gasteiger partial charge in [0.2, 0.25) is 5.91 Å². The molecule has 0 spiro atoms. The molecule has 0 aliphatic carbocycles. The van der Waals surface area contributed by atoms with E-state index in [1.807, 2.05) is 49.4 Å². The maximum absolute atomic E-state index is 12.7. The summed E-state index contributed by atoms with van der Waals surface area (Å²) in [6.45, 7) is 1.74. The van der Waals surface area contributed by atoms with Crippen LogP contribution in [0.3, 0.4) is 0 Å². The van der Waals surface area contributed by atoms with Crippen LogP contribution >= 0.6 is 0 Å². The summed E-state index contributed by atoms with van der Waals surface area (Å²) in [5.41, 5.74) is 1.81. The fourth-order valence-electron chi connectivity index (χ4n) is 3.47. The highest BCUT2D eigenvalue weighted by Crippen LogP contribution is 2.26. The lowest BCUT2D eigenvalue weighted by Crippen LogP contribution is -2.28. The van der Waals surface area contributed by atoms with Gasteiger partial charge in [-0.05, 0) is 55.0 Å². The van der Waals surface area contributed by atoms with E-state index in [-0.39, 0.29) is 18.0 Å². The van der Waals surface area contributed by atoms with Crippen molar-refractivity contribution >= 4 is 22.5 Å². The number of hydrogen-bond donors (Lipinski definition) is 1. The molecular weight excluding hydrogens is 392 g/mol. The largest absolute Gasteiger partial charge is 0.495 e. The van der Waals surface area contributed by atoms with Crippen molar-refractivity contribution in [3.63, 3.8) is 0 Å². The SMILES string of the molecule is COc1cccc2c(C)cc(=O)n(CC(=O)Nc3ccc(Oc4ccccc4)cc3)c12. The molecule has 6 nitrogen and oxygen atoms in total. The molecule has 1 heterocycles. The maximum Gasteiger partial charge on any atom is 0.251 e. The Morgan fingerprint density at radius 2 is 1.65 bits per heavy atom. The summed E-state index contributed by atoms with van der Waals surface area (Å²) < 4.78 is 12.6. The van der Waals surface area contributed by atoms with Crippen LogP contribution in [0.4, 0.5) is 5.69 Å². The third kappa shape index (κ3) is 4.43. The van der Waals surface area contributed by atoms with Crippen LogP contribution in [0, 0.1) is 6.92 Å². The van der Waals surface area contributed by atoms with Crippen LogP contribution in [0.25, 0.3) is 10.9 Å². The molecule has 31 heavy (non-hydrogen) atoms. The lowest BCUT2D eigenvalue weighted by atomic mass is 10.1. The first-order valence-electron chi connectivity index (χ1n) is 9.85. The zero-order valence-corrected chi connectivity index (χ0v) is 17.3. The molecule has 3 aromatic carbocycles. The number of hydrogen-bond acceptors (Lipinski definition) is 4. The topological polar surface area (TPSA) is 69.6 Å². The number of rotatable bonds is 6. The predicted molar refractivity (Wildman–Crippen MR) is 121 cm³/mol. The quantitative estimate of drug-likeness (QED) is 0.494. The number of anilines is 1. The van der Waals surface area contributed by atoms with E-state index in [9.17, 15) is 9.59 Å². The third-order valence-electron chi connectivity index (χ3n) is 4.94. The number of fused-ring (bicyclic) bond motifs is 1.